The van der Waals surface area contributed by atoms with E-state index in [1.807, 2.05) is 19.1 Å². The van der Waals surface area contributed by atoms with Gasteiger partial charge in [0, 0.05) is 25.2 Å². The lowest BCUT2D eigenvalue weighted by Crippen LogP contribution is -2.37. The van der Waals surface area contributed by atoms with Crippen molar-refractivity contribution in [1.82, 2.24) is 9.97 Å². The SMILES string of the molecule is CCOC(=O)C1CCN(c2nc3cc(OC)c(OC)cc3[nH]2)CC1. The second-order valence-electron chi connectivity index (χ2n) is 5.80. The molecule has 0 saturated carbocycles. The molecule has 24 heavy (non-hydrogen) atoms. The first-order chi connectivity index (χ1) is 11.7. The van der Waals surface area contributed by atoms with Gasteiger partial charge in [0.1, 0.15) is 0 Å². The Morgan fingerprint density at radius 3 is 2.54 bits per heavy atom. The number of hydrogen-bond acceptors (Lipinski definition) is 6. The second kappa shape index (κ2) is 6.98. The molecule has 7 heteroatoms. The maximum atomic E-state index is 11.8. The molecule has 1 aliphatic heterocycles. The third-order valence-electron chi connectivity index (χ3n) is 4.39. The Morgan fingerprint density at radius 2 is 1.92 bits per heavy atom. The van der Waals surface area contributed by atoms with Gasteiger partial charge in [-0.1, -0.05) is 0 Å². The smallest absolute Gasteiger partial charge is 0.309 e. The van der Waals surface area contributed by atoms with Gasteiger partial charge in [0.15, 0.2) is 11.5 Å². The number of aromatic nitrogens is 2. The normalized spacial score (nSPS) is 15.5. The van der Waals surface area contributed by atoms with Gasteiger partial charge in [0.05, 0.1) is 37.8 Å². The highest BCUT2D eigenvalue weighted by molar-refractivity contribution is 5.82. The Morgan fingerprint density at radius 1 is 1.25 bits per heavy atom. The van der Waals surface area contributed by atoms with Crippen LogP contribution in [0, 0.1) is 5.92 Å². The summed E-state index contributed by atoms with van der Waals surface area (Å²) in [7, 11) is 3.22. The van der Waals surface area contributed by atoms with Crippen LogP contribution < -0.4 is 14.4 Å². The molecule has 0 atom stereocenters. The monoisotopic (exact) mass is 333 g/mol. The van der Waals surface area contributed by atoms with Gasteiger partial charge in [-0.25, -0.2) is 4.98 Å². The van der Waals surface area contributed by atoms with Crippen LogP contribution in [0.1, 0.15) is 19.8 Å². The minimum atomic E-state index is -0.0868. The summed E-state index contributed by atoms with van der Waals surface area (Å²) < 4.78 is 15.8. The van der Waals surface area contributed by atoms with Crippen molar-refractivity contribution in [3.05, 3.63) is 12.1 Å². The zero-order valence-electron chi connectivity index (χ0n) is 14.3. The van der Waals surface area contributed by atoms with E-state index < -0.39 is 0 Å². The van der Waals surface area contributed by atoms with E-state index in [9.17, 15) is 4.79 Å². The number of fused-ring (bicyclic) bond motifs is 1. The van der Waals surface area contributed by atoms with Gasteiger partial charge in [-0.05, 0) is 19.8 Å². The minimum Gasteiger partial charge on any atom is -0.493 e. The van der Waals surface area contributed by atoms with E-state index in [-0.39, 0.29) is 11.9 Å². The Hall–Kier alpha value is -2.44. The lowest BCUT2D eigenvalue weighted by atomic mass is 9.97. The van der Waals surface area contributed by atoms with Crippen molar-refractivity contribution in [1.29, 1.82) is 0 Å². The number of nitrogens with one attached hydrogen (secondary N) is 1. The molecule has 3 rings (SSSR count). The lowest BCUT2D eigenvalue weighted by molar-refractivity contribution is -0.148. The number of piperidine rings is 1. The Balaban J connectivity index is 1.75. The fourth-order valence-electron chi connectivity index (χ4n) is 3.06. The third-order valence-corrected chi connectivity index (χ3v) is 4.39. The van der Waals surface area contributed by atoms with Gasteiger partial charge in [-0.3, -0.25) is 4.79 Å². The van der Waals surface area contributed by atoms with Gasteiger partial charge in [0.2, 0.25) is 5.95 Å². The average molecular weight is 333 g/mol. The largest absolute Gasteiger partial charge is 0.493 e. The summed E-state index contributed by atoms with van der Waals surface area (Å²) in [5, 5.41) is 0. The molecule has 1 aromatic heterocycles. The predicted octanol–water partition coefficient (Wildman–Crippen LogP) is 2.36. The van der Waals surface area contributed by atoms with Crippen molar-refractivity contribution in [3.63, 3.8) is 0 Å². The zero-order chi connectivity index (χ0) is 17.1. The number of H-pyrrole nitrogens is 1. The second-order valence-corrected chi connectivity index (χ2v) is 5.80. The van der Waals surface area contributed by atoms with Gasteiger partial charge < -0.3 is 24.1 Å². The Labute approximate surface area is 140 Å². The first-order valence-electron chi connectivity index (χ1n) is 8.19. The van der Waals surface area contributed by atoms with Crippen LogP contribution in [0.3, 0.4) is 0 Å². The first kappa shape index (κ1) is 16.4. The molecule has 0 spiro atoms. The summed E-state index contributed by atoms with van der Waals surface area (Å²) in [6, 6.07) is 3.75. The number of nitrogens with zero attached hydrogens (tertiary/aromatic N) is 2. The number of esters is 1. The Kier molecular flexibility index (Phi) is 4.78. The molecule has 0 unspecified atom stereocenters. The molecule has 1 N–H and O–H groups in total. The van der Waals surface area contributed by atoms with E-state index in [1.54, 1.807) is 14.2 Å². The van der Waals surface area contributed by atoms with Crippen molar-refractivity contribution in [2.75, 3.05) is 38.8 Å². The molecule has 2 aromatic rings. The standard InChI is InChI=1S/C17H23N3O4/c1-4-24-16(21)11-5-7-20(8-6-11)17-18-12-9-14(22-2)15(23-3)10-13(12)19-17/h9-11H,4-8H2,1-3H3,(H,18,19). The average Bonchev–Trinajstić information content (AvgIpc) is 3.03. The van der Waals surface area contributed by atoms with E-state index in [0.29, 0.717) is 18.1 Å². The van der Waals surface area contributed by atoms with Crippen molar-refractivity contribution in [2.24, 2.45) is 5.92 Å². The van der Waals surface area contributed by atoms with E-state index in [2.05, 4.69) is 14.9 Å². The summed E-state index contributed by atoms with van der Waals surface area (Å²) in [5.74, 6) is 2.04. The van der Waals surface area contributed by atoms with E-state index >= 15 is 0 Å². The number of carbonyl (C=O) groups is 1. The van der Waals surface area contributed by atoms with Crippen LogP contribution in [-0.4, -0.2) is 49.9 Å². The van der Waals surface area contributed by atoms with Gasteiger partial charge in [-0.2, -0.15) is 0 Å². The quantitative estimate of drug-likeness (QED) is 0.847. The van der Waals surface area contributed by atoms with Crippen LogP contribution in [0.15, 0.2) is 12.1 Å². The molecule has 1 aliphatic rings. The summed E-state index contributed by atoms with van der Waals surface area (Å²) in [4.78, 5) is 22.0. The highest BCUT2D eigenvalue weighted by atomic mass is 16.5. The zero-order valence-corrected chi connectivity index (χ0v) is 14.3. The van der Waals surface area contributed by atoms with Crippen LogP contribution >= 0.6 is 0 Å². The van der Waals surface area contributed by atoms with Crippen molar-refractivity contribution < 1.29 is 19.0 Å². The maximum Gasteiger partial charge on any atom is 0.309 e. The number of rotatable bonds is 5. The number of imidazole rings is 1. The minimum absolute atomic E-state index is 0.00855. The molecule has 2 heterocycles. The molecular formula is C17H23N3O4. The topological polar surface area (TPSA) is 76.7 Å². The van der Waals surface area contributed by atoms with Crippen molar-refractivity contribution in [3.8, 4) is 11.5 Å². The fraction of sp³-hybridized carbons (Fsp3) is 0.529. The number of benzene rings is 1. The van der Waals surface area contributed by atoms with Crippen molar-refractivity contribution >= 4 is 23.0 Å². The van der Waals surface area contributed by atoms with Crippen LogP contribution in [0.4, 0.5) is 5.95 Å². The number of ether oxygens (including phenoxy) is 3. The molecule has 7 nitrogen and oxygen atoms in total. The molecule has 0 radical (unpaired) electrons. The van der Waals surface area contributed by atoms with Gasteiger partial charge in [-0.15, -0.1) is 0 Å². The molecule has 0 amide bonds. The summed E-state index contributed by atoms with van der Waals surface area (Å²) >= 11 is 0. The molecule has 1 saturated heterocycles. The first-order valence-corrected chi connectivity index (χ1v) is 8.19. The van der Waals surface area contributed by atoms with Crippen molar-refractivity contribution in [2.45, 2.75) is 19.8 Å². The van der Waals surface area contributed by atoms with Gasteiger partial charge >= 0.3 is 5.97 Å². The lowest BCUT2D eigenvalue weighted by Gasteiger charge is -2.30. The maximum absolute atomic E-state index is 11.8. The number of methoxy groups -OCH3 is 2. The number of aromatic amines is 1. The highest BCUT2D eigenvalue weighted by Gasteiger charge is 2.27. The van der Waals surface area contributed by atoms with Crippen LogP contribution in [0.2, 0.25) is 0 Å². The number of anilines is 1. The summed E-state index contributed by atoms with van der Waals surface area (Å²) in [5.41, 5.74) is 1.73. The Bertz CT molecular complexity index is 679. The highest BCUT2D eigenvalue weighted by Crippen LogP contribution is 2.33. The summed E-state index contributed by atoms with van der Waals surface area (Å²) in [6.45, 7) is 3.82. The van der Waals surface area contributed by atoms with E-state index in [1.165, 1.54) is 0 Å². The third kappa shape index (κ3) is 3.11. The fourth-order valence-corrected chi connectivity index (χ4v) is 3.06. The molecule has 0 bridgehead atoms. The van der Waals surface area contributed by atoms with Crippen LogP contribution in [0.25, 0.3) is 11.0 Å². The summed E-state index contributed by atoms with van der Waals surface area (Å²) in [6.07, 6.45) is 1.56. The number of hydrogen-bond donors (Lipinski definition) is 1. The molecule has 0 aliphatic carbocycles. The van der Waals surface area contributed by atoms with Gasteiger partial charge in [0.25, 0.3) is 0 Å². The van der Waals surface area contributed by atoms with Crippen LogP contribution in [0.5, 0.6) is 11.5 Å². The van der Waals surface area contributed by atoms with Crippen LogP contribution in [-0.2, 0) is 9.53 Å². The molecule has 1 fully saturated rings. The molecular weight excluding hydrogens is 310 g/mol. The predicted molar refractivity (Wildman–Crippen MR) is 90.8 cm³/mol. The molecule has 1 aromatic carbocycles. The van der Waals surface area contributed by atoms with E-state index in [0.717, 1.165) is 42.9 Å². The number of carbonyl (C=O) groups excluding carboxylic acids is 1. The van der Waals surface area contributed by atoms with E-state index in [4.69, 9.17) is 14.2 Å². The molecule has 130 valence electrons.